The summed E-state index contributed by atoms with van der Waals surface area (Å²) >= 11 is 1.80. The monoisotopic (exact) mass is 734 g/mol. The number of anilines is 3. The number of thiophene rings is 1. The molecular weight excluding hydrogens is 704 g/mol. The molecule has 0 N–H and O–H groups in total. The molecule has 2 aromatic heterocycles. The van der Waals surface area contributed by atoms with Gasteiger partial charge in [-0.2, -0.15) is 0 Å². The highest BCUT2D eigenvalue weighted by atomic mass is 32.1. The van der Waals surface area contributed by atoms with Crippen LogP contribution in [0, 0.1) is 5.82 Å². The van der Waals surface area contributed by atoms with Gasteiger partial charge in [-0.05, 0) is 117 Å². The van der Waals surface area contributed by atoms with Crippen molar-refractivity contribution < 1.29 is 4.39 Å². The molecule has 262 valence electrons. The first-order valence-corrected chi connectivity index (χ1v) is 19.8. The van der Waals surface area contributed by atoms with Crippen LogP contribution in [-0.4, -0.2) is 4.57 Å². The number of hydrogen-bond acceptors (Lipinski definition) is 2. The van der Waals surface area contributed by atoms with Gasteiger partial charge in [-0.1, -0.05) is 109 Å². The number of aromatic nitrogens is 1. The van der Waals surface area contributed by atoms with Crippen LogP contribution in [0.5, 0.6) is 0 Å². The summed E-state index contributed by atoms with van der Waals surface area (Å²) in [6.45, 7) is 0. The third kappa shape index (κ3) is 4.60. The maximum absolute atomic E-state index is 14.2. The first kappa shape index (κ1) is 31.4. The van der Waals surface area contributed by atoms with Gasteiger partial charge in [0.25, 0.3) is 0 Å². The van der Waals surface area contributed by atoms with Gasteiger partial charge in [-0.3, -0.25) is 0 Å². The van der Waals surface area contributed by atoms with Crippen molar-refractivity contribution in [3.63, 3.8) is 0 Å². The predicted octanol–water partition coefficient (Wildman–Crippen LogP) is 15.3. The van der Waals surface area contributed by atoms with Crippen LogP contribution in [-0.2, 0) is 0 Å². The van der Waals surface area contributed by atoms with Crippen LogP contribution >= 0.6 is 11.3 Å². The van der Waals surface area contributed by atoms with E-state index in [2.05, 4.69) is 173 Å². The summed E-state index contributed by atoms with van der Waals surface area (Å²) in [5, 5.41) is 12.6. The predicted molar refractivity (Wildman–Crippen MR) is 237 cm³/mol. The van der Waals surface area contributed by atoms with E-state index in [9.17, 15) is 4.39 Å². The van der Waals surface area contributed by atoms with E-state index in [1.807, 2.05) is 12.1 Å². The molecule has 12 rings (SSSR count). The van der Waals surface area contributed by atoms with Crippen LogP contribution in [0.25, 0.3) is 91.1 Å². The lowest BCUT2D eigenvalue weighted by Crippen LogP contribution is -2.09. The van der Waals surface area contributed by atoms with Gasteiger partial charge in [-0.25, -0.2) is 4.39 Å². The lowest BCUT2D eigenvalue weighted by atomic mass is 9.89. The summed E-state index contributed by atoms with van der Waals surface area (Å²) in [5.74, 6) is -0.250. The summed E-state index contributed by atoms with van der Waals surface area (Å²) in [5.41, 5.74) is 8.90. The highest BCUT2D eigenvalue weighted by Crippen LogP contribution is 2.46. The lowest BCUT2D eigenvalue weighted by Gasteiger charge is -2.26. The molecule has 0 saturated carbocycles. The van der Waals surface area contributed by atoms with Gasteiger partial charge in [0.05, 0.1) is 11.0 Å². The molecule has 0 fully saturated rings. The third-order valence-corrected chi connectivity index (χ3v) is 12.7. The molecule has 2 nitrogen and oxygen atoms in total. The molecular formula is C52H31FN2S. The van der Waals surface area contributed by atoms with Crippen LogP contribution in [0.15, 0.2) is 188 Å². The van der Waals surface area contributed by atoms with Crippen LogP contribution in [0.2, 0.25) is 0 Å². The maximum Gasteiger partial charge on any atom is 0.123 e. The second-order valence-corrected chi connectivity index (χ2v) is 15.7. The van der Waals surface area contributed by atoms with Crippen LogP contribution in [0.3, 0.4) is 0 Å². The Morgan fingerprint density at radius 2 is 1.05 bits per heavy atom. The normalized spacial score (nSPS) is 12.0. The van der Waals surface area contributed by atoms with E-state index in [1.165, 1.54) is 92.0 Å². The lowest BCUT2D eigenvalue weighted by molar-refractivity contribution is 0.628. The topological polar surface area (TPSA) is 8.17 Å². The van der Waals surface area contributed by atoms with Gasteiger partial charge < -0.3 is 9.47 Å². The maximum atomic E-state index is 14.2. The number of rotatable bonds is 5. The fraction of sp³-hybridized carbons (Fsp3) is 0. The van der Waals surface area contributed by atoms with Crippen molar-refractivity contribution >= 4 is 103 Å². The summed E-state index contributed by atoms with van der Waals surface area (Å²) in [6.07, 6.45) is 0. The zero-order chi connectivity index (χ0) is 36.9. The summed E-state index contributed by atoms with van der Waals surface area (Å²) in [7, 11) is 0. The number of fused-ring (bicyclic) bond motifs is 7. The molecule has 12 aromatic rings. The summed E-state index contributed by atoms with van der Waals surface area (Å²) < 4.78 is 19.1. The molecule has 10 aromatic carbocycles. The molecule has 4 heteroatoms. The summed E-state index contributed by atoms with van der Waals surface area (Å²) in [6, 6.07) is 66.4. The Morgan fingerprint density at radius 3 is 1.89 bits per heavy atom. The van der Waals surface area contributed by atoms with E-state index in [0.717, 1.165) is 28.3 Å². The van der Waals surface area contributed by atoms with Crippen molar-refractivity contribution in [2.75, 3.05) is 4.90 Å². The quantitative estimate of drug-likeness (QED) is 0.160. The number of halogens is 1. The van der Waals surface area contributed by atoms with E-state index in [0.29, 0.717) is 0 Å². The molecule has 0 amide bonds. The van der Waals surface area contributed by atoms with Crippen LogP contribution in [0.4, 0.5) is 21.5 Å². The number of nitrogens with zero attached hydrogens (tertiary/aromatic N) is 2. The van der Waals surface area contributed by atoms with Crippen molar-refractivity contribution in [3.8, 4) is 16.8 Å². The molecule has 0 aliphatic carbocycles. The number of benzene rings is 10. The Balaban J connectivity index is 1.03. The first-order valence-electron chi connectivity index (χ1n) is 18.9. The minimum absolute atomic E-state index is 0.250. The van der Waals surface area contributed by atoms with Crippen molar-refractivity contribution in [2.24, 2.45) is 0 Å². The number of para-hydroxylation sites is 2. The van der Waals surface area contributed by atoms with E-state index >= 15 is 0 Å². The molecule has 56 heavy (non-hydrogen) atoms. The van der Waals surface area contributed by atoms with Crippen molar-refractivity contribution in [1.82, 2.24) is 4.57 Å². The van der Waals surface area contributed by atoms with Crippen LogP contribution < -0.4 is 4.90 Å². The smallest absolute Gasteiger partial charge is 0.123 e. The van der Waals surface area contributed by atoms with Gasteiger partial charge in [0.15, 0.2) is 0 Å². The van der Waals surface area contributed by atoms with Gasteiger partial charge in [0, 0.05) is 59.1 Å². The van der Waals surface area contributed by atoms with Crippen LogP contribution in [0.1, 0.15) is 0 Å². The van der Waals surface area contributed by atoms with Gasteiger partial charge in [0.1, 0.15) is 5.82 Å². The third-order valence-electron chi connectivity index (χ3n) is 11.6. The molecule has 0 aliphatic heterocycles. The second-order valence-electron chi connectivity index (χ2n) is 14.6. The SMILES string of the molecule is Fc1ccc(N(c2ccc(-c3ccc4ccc5c6c(ccc3c46)cc3c4ccccc4n(-c4ccccc4)c35)cc2)c2ccc3c(c2)sc2ccccc23)cc1. The summed E-state index contributed by atoms with van der Waals surface area (Å²) in [4.78, 5) is 2.22. The zero-order valence-corrected chi connectivity index (χ0v) is 30.9. The van der Waals surface area contributed by atoms with Crippen molar-refractivity contribution in [1.29, 1.82) is 0 Å². The molecule has 0 saturated heterocycles. The number of hydrogen-bond donors (Lipinski definition) is 0. The minimum atomic E-state index is -0.250. The van der Waals surface area contributed by atoms with Gasteiger partial charge in [0.2, 0.25) is 0 Å². The Labute approximate surface area is 325 Å². The zero-order valence-electron chi connectivity index (χ0n) is 30.1. The average molecular weight is 735 g/mol. The Hall–Kier alpha value is -7.01. The van der Waals surface area contributed by atoms with Gasteiger partial charge in [-0.15, -0.1) is 11.3 Å². The standard InChI is InChI=1S/C52H31FN2S/c53-35-19-23-38(24-20-35)54(39-25-29-43-42-11-5-7-13-48(42)56-49(43)31-39)37-21-14-32(15-22-37)40-26-16-33-17-28-45-51-34(18-27-44(40)50(33)51)30-46-41-10-4-6-12-47(41)55(52(45)46)36-8-2-1-3-9-36/h1-31H. The second kappa shape index (κ2) is 12.0. The Kier molecular flexibility index (Phi) is 6.72. The van der Waals surface area contributed by atoms with E-state index in [-0.39, 0.29) is 5.82 Å². The van der Waals surface area contributed by atoms with E-state index in [4.69, 9.17) is 0 Å². The molecule has 0 bridgehead atoms. The first-order chi connectivity index (χ1) is 27.7. The van der Waals surface area contributed by atoms with Crippen molar-refractivity contribution in [2.45, 2.75) is 0 Å². The fourth-order valence-electron chi connectivity index (χ4n) is 9.10. The molecule has 0 radical (unpaired) electrons. The molecule has 0 spiro atoms. The van der Waals surface area contributed by atoms with E-state index in [1.54, 1.807) is 11.3 Å². The minimum Gasteiger partial charge on any atom is -0.310 e. The van der Waals surface area contributed by atoms with E-state index < -0.39 is 0 Å². The highest BCUT2D eigenvalue weighted by molar-refractivity contribution is 7.25. The van der Waals surface area contributed by atoms with Gasteiger partial charge >= 0.3 is 0 Å². The Morgan fingerprint density at radius 1 is 0.429 bits per heavy atom. The average Bonchev–Trinajstić information content (AvgIpc) is 3.79. The molecule has 0 atom stereocenters. The molecule has 0 aliphatic rings. The Bertz CT molecular complexity index is 3470. The fourth-order valence-corrected chi connectivity index (χ4v) is 10.2. The highest BCUT2D eigenvalue weighted by Gasteiger charge is 2.20. The molecule has 2 heterocycles. The largest absolute Gasteiger partial charge is 0.310 e. The molecule has 0 unspecified atom stereocenters. The van der Waals surface area contributed by atoms with Crippen molar-refractivity contribution in [3.05, 3.63) is 194 Å².